The first kappa shape index (κ1) is 17.6. The van der Waals surface area contributed by atoms with Gasteiger partial charge in [0.25, 0.3) is 5.91 Å². The van der Waals surface area contributed by atoms with Gasteiger partial charge in [0, 0.05) is 16.7 Å². The Labute approximate surface area is 172 Å². The zero-order valence-corrected chi connectivity index (χ0v) is 17.0. The molecule has 6 nitrogen and oxygen atoms in total. The van der Waals surface area contributed by atoms with Crippen molar-refractivity contribution >= 4 is 56.3 Å². The summed E-state index contributed by atoms with van der Waals surface area (Å²) in [6.45, 7) is 0. The van der Waals surface area contributed by atoms with Gasteiger partial charge in [-0.15, -0.1) is 22.7 Å². The van der Waals surface area contributed by atoms with Crippen LogP contribution in [0.1, 0.15) is 23.1 Å². The lowest BCUT2D eigenvalue weighted by atomic mass is 10.1. The topological polar surface area (TPSA) is 71.6 Å². The Hall–Kier alpha value is -2.49. The number of rotatable bonds is 5. The van der Waals surface area contributed by atoms with Crippen molar-refractivity contribution in [2.75, 3.05) is 5.75 Å². The van der Waals surface area contributed by atoms with Crippen molar-refractivity contribution in [2.45, 2.75) is 17.5 Å². The lowest BCUT2D eigenvalue weighted by molar-refractivity contribution is -0.130. The molecule has 1 amide bonds. The second-order valence-electron chi connectivity index (χ2n) is 6.10. The molecule has 0 aliphatic carbocycles. The van der Waals surface area contributed by atoms with Gasteiger partial charge in [-0.25, -0.2) is 15.0 Å². The number of thioether (sulfide) groups is 1. The molecule has 5 heterocycles. The van der Waals surface area contributed by atoms with E-state index >= 15 is 0 Å². The molecule has 1 aliphatic rings. The summed E-state index contributed by atoms with van der Waals surface area (Å²) in [6, 6.07) is 9.64. The van der Waals surface area contributed by atoms with Crippen molar-refractivity contribution < 1.29 is 9.21 Å². The number of carbonyl (C=O) groups is 1. The SMILES string of the molecule is O=C(CSc1ncnc2sccc12)N1N=C(c2ccco2)CC1c1cccs1. The largest absolute Gasteiger partial charge is 0.463 e. The first-order valence-electron chi connectivity index (χ1n) is 8.57. The summed E-state index contributed by atoms with van der Waals surface area (Å²) in [5, 5.41) is 12.0. The Morgan fingerprint density at radius 2 is 2.18 bits per heavy atom. The van der Waals surface area contributed by atoms with Gasteiger partial charge in [0.1, 0.15) is 27.7 Å². The van der Waals surface area contributed by atoms with E-state index in [9.17, 15) is 4.79 Å². The number of fused-ring (bicyclic) bond motifs is 1. The molecule has 28 heavy (non-hydrogen) atoms. The summed E-state index contributed by atoms with van der Waals surface area (Å²) in [7, 11) is 0. The minimum absolute atomic E-state index is 0.0491. The second-order valence-corrected chi connectivity index (χ2v) is 8.94. The Morgan fingerprint density at radius 3 is 3.00 bits per heavy atom. The van der Waals surface area contributed by atoms with E-state index in [1.807, 2.05) is 41.1 Å². The predicted molar refractivity (Wildman–Crippen MR) is 112 cm³/mol. The second kappa shape index (κ2) is 7.50. The fourth-order valence-electron chi connectivity index (χ4n) is 3.11. The fourth-order valence-corrected chi connectivity index (χ4v) is 5.56. The smallest absolute Gasteiger partial charge is 0.253 e. The van der Waals surface area contributed by atoms with Crippen molar-refractivity contribution in [1.82, 2.24) is 15.0 Å². The average molecular weight is 427 g/mol. The molecule has 0 spiro atoms. The number of hydrogen-bond donors (Lipinski definition) is 0. The minimum Gasteiger partial charge on any atom is -0.463 e. The monoisotopic (exact) mass is 426 g/mol. The minimum atomic E-state index is -0.0974. The quantitative estimate of drug-likeness (QED) is 0.338. The Bertz CT molecular complexity index is 1140. The summed E-state index contributed by atoms with van der Waals surface area (Å²) >= 11 is 4.62. The standard InChI is InChI=1S/C19H14N4O2S3/c24-17(10-28-19-12-5-8-27-18(12)20-11-21-19)23-14(16-4-2-7-26-16)9-13(22-23)15-3-1-6-25-15/h1-8,11,14H,9-10H2. The number of furan rings is 1. The van der Waals surface area contributed by atoms with Crippen LogP contribution in [0.25, 0.3) is 10.2 Å². The van der Waals surface area contributed by atoms with Gasteiger partial charge in [-0.3, -0.25) is 4.79 Å². The van der Waals surface area contributed by atoms with Gasteiger partial charge in [0.05, 0.1) is 18.1 Å². The molecule has 0 bridgehead atoms. The zero-order chi connectivity index (χ0) is 18.9. The van der Waals surface area contributed by atoms with Crippen LogP contribution in [-0.4, -0.2) is 32.3 Å². The highest BCUT2D eigenvalue weighted by Crippen LogP contribution is 2.36. The van der Waals surface area contributed by atoms with Gasteiger partial charge >= 0.3 is 0 Å². The third-order valence-electron chi connectivity index (χ3n) is 4.40. The molecule has 1 atom stereocenters. The molecule has 0 fully saturated rings. The molecule has 0 saturated heterocycles. The lowest BCUT2D eigenvalue weighted by Crippen LogP contribution is -2.28. The van der Waals surface area contributed by atoms with Crippen molar-refractivity contribution in [1.29, 1.82) is 0 Å². The van der Waals surface area contributed by atoms with Crippen molar-refractivity contribution in [2.24, 2.45) is 5.10 Å². The van der Waals surface area contributed by atoms with Crippen LogP contribution in [-0.2, 0) is 4.79 Å². The maximum absolute atomic E-state index is 13.0. The van der Waals surface area contributed by atoms with Crippen LogP contribution in [0, 0.1) is 0 Å². The number of hydrazone groups is 1. The molecule has 1 unspecified atom stereocenters. The number of hydrogen-bond acceptors (Lipinski definition) is 8. The van der Waals surface area contributed by atoms with Crippen molar-refractivity contribution in [3.63, 3.8) is 0 Å². The number of aromatic nitrogens is 2. The summed E-state index contributed by atoms with van der Waals surface area (Å²) < 4.78 is 5.49. The highest BCUT2D eigenvalue weighted by Gasteiger charge is 2.34. The van der Waals surface area contributed by atoms with Gasteiger partial charge in [0.15, 0.2) is 0 Å². The normalized spacial score (nSPS) is 16.6. The summed E-state index contributed by atoms with van der Waals surface area (Å²) in [5.41, 5.74) is 0.795. The van der Waals surface area contributed by atoms with Gasteiger partial charge < -0.3 is 4.42 Å². The molecular weight excluding hydrogens is 412 g/mol. The van der Waals surface area contributed by atoms with Crippen LogP contribution in [0.4, 0.5) is 0 Å². The Balaban J connectivity index is 1.38. The third kappa shape index (κ3) is 3.25. The van der Waals surface area contributed by atoms with Crippen molar-refractivity contribution in [3.05, 3.63) is 64.3 Å². The zero-order valence-electron chi connectivity index (χ0n) is 14.5. The van der Waals surface area contributed by atoms with Crippen molar-refractivity contribution in [3.8, 4) is 0 Å². The van der Waals surface area contributed by atoms with Gasteiger partial charge in [-0.1, -0.05) is 17.8 Å². The number of nitrogens with zero attached hydrogens (tertiary/aromatic N) is 4. The van der Waals surface area contributed by atoms with Crippen LogP contribution >= 0.6 is 34.4 Å². The lowest BCUT2D eigenvalue weighted by Gasteiger charge is -2.20. The van der Waals surface area contributed by atoms with E-state index in [4.69, 9.17) is 4.42 Å². The van der Waals surface area contributed by atoms with E-state index in [1.54, 1.807) is 40.3 Å². The number of amides is 1. The Morgan fingerprint density at radius 1 is 1.21 bits per heavy atom. The van der Waals surface area contributed by atoms with E-state index in [0.29, 0.717) is 12.2 Å². The molecule has 4 aromatic heterocycles. The Kier molecular flexibility index (Phi) is 4.71. The number of carbonyl (C=O) groups excluding carboxylic acids is 1. The fraction of sp³-hybridized carbons (Fsp3) is 0.158. The highest BCUT2D eigenvalue weighted by molar-refractivity contribution is 8.00. The van der Waals surface area contributed by atoms with Gasteiger partial charge in [0.2, 0.25) is 0 Å². The highest BCUT2D eigenvalue weighted by atomic mass is 32.2. The van der Waals surface area contributed by atoms with Crippen LogP contribution in [0.15, 0.2) is 68.2 Å². The molecule has 0 aromatic carbocycles. The first-order chi connectivity index (χ1) is 13.8. The van der Waals surface area contributed by atoms with Crippen LogP contribution in [0.3, 0.4) is 0 Å². The van der Waals surface area contributed by atoms with E-state index < -0.39 is 0 Å². The van der Waals surface area contributed by atoms with Crippen LogP contribution in [0.2, 0.25) is 0 Å². The first-order valence-corrected chi connectivity index (χ1v) is 11.3. The van der Waals surface area contributed by atoms with Gasteiger partial charge in [-0.2, -0.15) is 5.10 Å². The molecule has 4 aromatic rings. The molecule has 0 saturated carbocycles. The predicted octanol–water partition coefficient (Wildman–Crippen LogP) is 4.82. The van der Waals surface area contributed by atoms with E-state index in [0.717, 1.165) is 25.8 Å². The van der Waals surface area contributed by atoms with E-state index in [2.05, 4.69) is 15.1 Å². The molecular formula is C19H14N4O2S3. The molecule has 0 N–H and O–H groups in total. The van der Waals surface area contributed by atoms with Crippen LogP contribution in [0.5, 0.6) is 0 Å². The van der Waals surface area contributed by atoms with E-state index in [-0.39, 0.29) is 17.7 Å². The van der Waals surface area contributed by atoms with Gasteiger partial charge in [-0.05, 0) is 35.0 Å². The van der Waals surface area contributed by atoms with E-state index in [1.165, 1.54) is 11.8 Å². The molecule has 5 rings (SSSR count). The summed E-state index contributed by atoms with van der Waals surface area (Å²) in [4.78, 5) is 23.7. The summed E-state index contributed by atoms with van der Waals surface area (Å²) in [6.07, 6.45) is 3.81. The molecule has 140 valence electrons. The van der Waals surface area contributed by atoms with Crippen LogP contribution < -0.4 is 0 Å². The third-order valence-corrected chi connectivity index (χ3v) is 7.18. The molecule has 9 heteroatoms. The molecule has 0 radical (unpaired) electrons. The maximum atomic E-state index is 13.0. The average Bonchev–Trinajstić information content (AvgIpc) is 3.49. The molecule has 1 aliphatic heterocycles. The summed E-state index contributed by atoms with van der Waals surface area (Å²) in [5.74, 6) is 0.922. The maximum Gasteiger partial charge on any atom is 0.253 e. The number of thiophene rings is 2.